The molecule has 1 aromatic heterocycles. The molecule has 6 nitrogen and oxygen atoms in total. The van der Waals surface area contributed by atoms with Crippen molar-refractivity contribution in [2.45, 2.75) is 75.4 Å². The van der Waals surface area contributed by atoms with Gasteiger partial charge in [0.05, 0.1) is 37.9 Å². The van der Waals surface area contributed by atoms with E-state index in [0.717, 1.165) is 0 Å². The van der Waals surface area contributed by atoms with Gasteiger partial charge in [0, 0.05) is 10.9 Å². The van der Waals surface area contributed by atoms with Crippen LogP contribution >= 0.6 is 0 Å². The van der Waals surface area contributed by atoms with Crippen molar-refractivity contribution in [2.24, 2.45) is 0 Å². The van der Waals surface area contributed by atoms with Gasteiger partial charge in [-0.15, -0.1) is 0 Å². The van der Waals surface area contributed by atoms with Crippen molar-refractivity contribution >= 4 is 40.2 Å². The van der Waals surface area contributed by atoms with Crippen molar-refractivity contribution < 1.29 is 21.4 Å². The first kappa shape index (κ1) is 31.1. The fourth-order valence-electron chi connectivity index (χ4n) is 4.15. The van der Waals surface area contributed by atoms with Gasteiger partial charge in [-0.3, -0.25) is 0 Å². The Balaban J connectivity index is 2.05. The zero-order valence-corrected chi connectivity index (χ0v) is 27.5. The fourth-order valence-corrected chi connectivity index (χ4v) is 7.58. The van der Waals surface area contributed by atoms with Gasteiger partial charge < -0.3 is 4.43 Å². The highest BCUT2D eigenvalue weighted by molar-refractivity contribution is 7.90. The Bertz CT molecular complexity index is 1690. The normalized spacial score (nSPS) is 14.7. The average molecular weight is 615 g/mol. The molecule has 0 saturated heterocycles. The largest absolute Gasteiger partial charge is 0.543 e. The summed E-state index contributed by atoms with van der Waals surface area (Å²) in [5.74, 6) is -0.0835. The molecule has 41 heavy (non-hydrogen) atoms. The molecule has 4 rings (SSSR count). The van der Waals surface area contributed by atoms with Crippen LogP contribution in [0, 0.1) is 5.82 Å². The molecular weight excluding hydrogens is 576 g/mol. The van der Waals surface area contributed by atoms with Crippen molar-refractivity contribution in [3.8, 4) is 5.75 Å². The van der Waals surface area contributed by atoms with Crippen LogP contribution in [0.1, 0.15) is 58.8 Å². The van der Waals surface area contributed by atoms with E-state index in [0.29, 0.717) is 27.9 Å². The summed E-state index contributed by atoms with van der Waals surface area (Å²) in [6, 6.07) is 20.4. The highest BCUT2D eigenvalue weighted by Crippen LogP contribution is 2.42. The molecule has 220 valence electrons. The SMILES string of the molecule is CC(C)(C)[S@](=O)N[C@@H](c1cc(F)ccc1O[Si](C)(C)C(C)(C)C)c1cc2ccccc2n1S(=O)(=O)c1ccccc1. The van der Waals surface area contributed by atoms with Crippen LogP contribution < -0.4 is 9.15 Å². The quantitative estimate of drug-likeness (QED) is 0.208. The van der Waals surface area contributed by atoms with E-state index < -0.39 is 45.9 Å². The van der Waals surface area contributed by atoms with Crippen LogP contribution in [0.25, 0.3) is 10.9 Å². The molecular formula is C31H39FN2O4S2Si. The van der Waals surface area contributed by atoms with E-state index >= 15 is 0 Å². The third-order valence-electron chi connectivity index (χ3n) is 7.51. The Morgan fingerprint density at radius 3 is 2.12 bits per heavy atom. The summed E-state index contributed by atoms with van der Waals surface area (Å²) >= 11 is 0. The average Bonchev–Trinajstić information content (AvgIpc) is 3.27. The summed E-state index contributed by atoms with van der Waals surface area (Å²) in [7, 11) is -8.16. The molecule has 0 spiro atoms. The summed E-state index contributed by atoms with van der Waals surface area (Å²) in [5.41, 5.74) is 1.14. The second kappa shape index (κ2) is 11.1. The maximum absolute atomic E-state index is 15.0. The number of para-hydroxylation sites is 1. The molecule has 0 amide bonds. The van der Waals surface area contributed by atoms with E-state index in [9.17, 15) is 17.0 Å². The van der Waals surface area contributed by atoms with Gasteiger partial charge in [-0.25, -0.2) is 25.7 Å². The van der Waals surface area contributed by atoms with Gasteiger partial charge in [-0.05, 0) is 81.4 Å². The Kier molecular flexibility index (Phi) is 8.45. The number of aromatic nitrogens is 1. The lowest BCUT2D eigenvalue weighted by Crippen LogP contribution is -2.44. The molecule has 0 fully saturated rings. The van der Waals surface area contributed by atoms with Crippen LogP contribution in [-0.2, 0) is 21.0 Å². The second-order valence-corrected chi connectivity index (χ2v) is 21.2. The third kappa shape index (κ3) is 6.35. The van der Waals surface area contributed by atoms with E-state index in [1.54, 1.807) is 42.5 Å². The standard InChI is InChI=1S/C31H39FN2O4S2Si/c1-30(2,3)39(35)33-29(25-21-23(32)18-19-28(25)38-41(7,8)31(4,5)6)27-20-22-14-12-13-17-26(22)34(27)40(36,37)24-15-10-9-11-16-24/h9-21,29,33H,1-8H3/t29-,39-/m0/s1. The Hall–Kier alpha value is -2.79. The first-order valence-electron chi connectivity index (χ1n) is 13.5. The Morgan fingerprint density at radius 1 is 0.902 bits per heavy atom. The Morgan fingerprint density at radius 2 is 1.51 bits per heavy atom. The van der Waals surface area contributed by atoms with Crippen LogP contribution in [0.3, 0.4) is 0 Å². The number of fused-ring (bicyclic) bond motifs is 1. The van der Waals surface area contributed by atoms with Gasteiger partial charge in [-0.1, -0.05) is 57.2 Å². The van der Waals surface area contributed by atoms with E-state index in [2.05, 4.69) is 38.6 Å². The van der Waals surface area contributed by atoms with Gasteiger partial charge >= 0.3 is 0 Å². The molecule has 0 bridgehead atoms. The molecule has 0 aliphatic heterocycles. The van der Waals surface area contributed by atoms with E-state index in [1.165, 1.54) is 28.2 Å². The predicted molar refractivity (Wildman–Crippen MR) is 168 cm³/mol. The number of benzene rings is 3. The molecule has 0 aliphatic rings. The van der Waals surface area contributed by atoms with E-state index in [4.69, 9.17) is 4.43 Å². The second-order valence-electron chi connectivity index (χ2n) is 12.7. The first-order chi connectivity index (χ1) is 18.9. The van der Waals surface area contributed by atoms with Crippen LogP contribution in [0.4, 0.5) is 4.39 Å². The third-order valence-corrected chi connectivity index (χ3v) is 15.2. The van der Waals surface area contributed by atoms with Gasteiger partial charge in [0.1, 0.15) is 11.6 Å². The molecule has 0 saturated carbocycles. The van der Waals surface area contributed by atoms with Crippen molar-refractivity contribution in [2.75, 3.05) is 0 Å². The minimum absolute atomic E-state index is 0.107. The molecule has 4 aromatic rings. The maximum Gasteiger partial charge on any atom is 0.268 e. The van der Waals surface area contributed by atoms with Crippen molar-refractivity contribution in [3.05, 3.63) is 95.9 Å². The topological polar surface area (TPSA) is 77.4 Å². The lowest BCUT2D eigenvalue weighted by Gasteiger charge is -2.37. The molecule has 0 radical (unpaired) electrons. The zero-order chi connectivity index (χ0) is 30.4. The van der Waals surface area contributed by atoms with E-state index in [-0.39, 0.29) is 9.93 Å². The number of nitrogens with zero attached hydrogens (tertiary/aromatic N) is 1. The van der Waals surface area contributed by atoms with Gasteiger partial charge in [0.2, 0.25) is 8.32 Å². The van der Waals surface area contributed by atoms with Crippen LogP contribution in [0.2, 0.25) is 18.1 Å². The lowest BCUT2D eigenvalue weighted by molar-refractivity contribution is 0.479. The van der Waals surface area contributed by atoms with Crippen LogP contribution in [0.15, 0.2) is 83.8 Å². The van der Waals surface area contributed by atoms with E-state index in [1.807, 2.05) is 32.9 Å². The highest BCUT2D eigenvalue weighted by atomic mass is 32.2. The molecule has 1 heterocycles. The van der Waals surface area contributed by atoms with Crippen molar-refractivity contribution in [1.29, 1.82) is 0 Å². The first-order valence-corrected chi connectivity index (χ1v) is 19.0. The van der Waals surface area contributed by atoms with Crippen molar-refractivity contribution in [3.63, 3.8) is 0 Å². The summed E-state index contributed by atoms with van der Waals surface area (Å²) in [4.78, 5) is 0.107. The number of nitrogens with one attached hydrogen (secondary N) is 1. The summed E-state index contributed by atoms with van der Waals surface area (Å²) in [5, 5.41) is 0.528. The summed E-state index contributed by atoms with van der Waals surface area (Å²) in [6.45, 7) is 16.0. The lowest BCUT2D eigenvalue weighted by atomic mass is 10.0. The van der Waals surface area contributed by atoms with Crippen LogP contribution in [0.5, 0.6) is 5.75 Å². The molecule has 3 aromatic carbocycles. The Labute approximate surface area is 246 Å². The zero-order valence-electron chi connectivity index (χ0n) is 24.9. The monoisotopic (exact) mass is 614 g/mol. The molecule has 1 N–H and O–H groups in total. The highest BCUT2D eigenvalue weighted by Gasteiger charge is 2.40. The smallest absolute Gasteiger partial charge is 0.268 e. The minimum atomic E-state index is -4.11. The molecule has 10 heteroatoms. The number of hydrogen-bond donors (Lipinski definition) is 1. The summed E-state index contributed by atoms with van der Waals surface area (Å²) < 4.78 is 67.5. The van der Waals surface area contributed by atoms with Gasteiger partial charge in [-0.2, -0.15) is 0 Å². The maximum atomic E-state index is 15.0. The number of rotatable bonds is 8. The van der Waals surface area contributed by atoms with Crippen LogP contribution in [-0.4, -0.2) is 29.7 Å². The molecule has 0 unspecified atom stereocenters. The molecule has 0 aliphatic carbocycles. The van der Waals surface area contributed by atoms with Gasteiger partial charge in [0.15, 0.2) is 0 Å². The minimum Gasteiger partial charge on any atom is -0.543 e. The fraction of sp³-hybridized carbons (Fsp3) is 0.355. The number of hydrogen-bond acceptors (Lipinski definition) is 4. The van der Waals surface area contributed by atoms with Gasteiger partial charge in [0.25, 0.3) is 10.0 Å². The predicted octanol–water partition coefficient (Wildman–Crippen LogP) is 7.54. The summed E-state index contributed by atoms with van der Waals surface area (Å²) in [6.07, 6.45) is 0. The number of halogens is 1. The van der Waals surface area contributed by atoms with Crippen molar-refractivity contribution in [1.82, 2.24) is 8.69 Å². The molecule has 2 atom stereocenters.